The van der Waals surface area contributed by atoms with E-state index in [9.17, 15) is 13.2 Å². The zero-order chi connectivity index (χ0) is 17.0. The van der Waals surface area contributed by atoms with Gasteiger partial charge in [-0.2, -0.15) is 0 Å². The predicted molar refractivity (Wildman–Crippen MR) is 89.4 cm³/mol. The van der Waals surface area contributed by atoms with Gasteiger partial charge in [0.05, 0.1) is 17.0 Å². The molecule has 2 aromatic carbocycles. The summed E-state index contributed by atoms with van der Waals surface area (Å²) < 4.78 is 26.9. The molecule has 0 aliphatic heterocycles. The number of carboxylic acid groups (broad SMARTS) is 1. The summed E-state index contributed by atoms with van der Waals surface area (Å²) in [6.45, 7) is 1.63. The third-order valence-corrected chi connectivity index (χ3v) is 5.39. The molecule has 0 fully saturated rings. The number of aryl methyl sites for hydroxylation is 1. The molecule has 1 N–H and O–H groups in total. The molecule has 0 spiro atoms. The summed E-state index contributed by atoms with van der Waals surface area (Å²) in [5.74, 6) is -1.06. The first-order valence-corrected chi connectivity index (χ1v) is 8.70. The first kappa shape index (κ1) is 17.3. The zero-order valence-electron chi connectivity index (χ0n) is 12.4. The van der Waals surface area contributed by atoms with E-state index in [0.717, 1.165) is 9.87 Å². The topological polar surface area (TPSA) is 74.7 Å². The zero-order valence-corrected chi connectivity index (χ0v) is 14.0. The third-order valence-electron chi connectivity index (χ3n) is 3.31. The van der Waals surface area contributed by atoms with Gasteiger partial charge in [-0.05, 0) is 42.8 Å². The Morgan fingerprint density at radius 3 is 2.30 bits per heavy atom. The standard InChI is InChI=1S/C16H16ClNO4S/c1-12-4-2-3-5-15(12)18(11-10-16(19)20)23(21,22)14-8-6-13(17)7-9-14/h2-9H,10-11H2,1H3,(H,19,20). The van der Waals surface area contributed by atoms with Crippen molar-refractivity contribution in [3.63, 3.8) is 0 Å². The average Bonchev–Trinajstić information content (AvgIpc) is 2.49. The van der Waals surface area contributed by atoms with Crippen LogP contribution < -0.4 is 4.31 Å². The molecular weight excluding hydrogens is 338 g/mol. The molecule has 0 unspecified atom stereocenters. The van der Waals surface area contributed by atoms with Crippen LogP contribution in [-0.4, -0.2) is 26.0 Å². The van der Waals surface area contributed by atoms with E-state index in [2.05, 4.69) is 0 Å². The highest BCUT2D eigenvalue weighted by atomic mass is 35.5. The van der Waals surface area contributed by atoms with Gasteiger partial charge in [0.15, 0.2) is 0 Å². The van der Waals surface area contributed by atoms with Gasteiger partial charge in [0.25, 0.3) is 10.0 Å². The minimum atomic E-state index is -3.88. The third kappa shape index (κ3) is 4.03. The van der Waals surface area contributed by atoms with Crippen LogP contribution in [0.15, 0.2) is 53.4 Å². The van der Waals surface area contributed by atoms with Gasteiger partial charge in [-0.15, -0.1) is 0 Å². The number of anilines is 1. The molecule has 0 heterocycles. The van der Waals surface area contributed by atoms with E-state index in [1.807, 2.05) is 0 Å². The van der Waals surface area contributed by atoms with Gasteiger partial charge < -0.3 is 5.11 Å². The molecule has 23 heavy (non-hydrogen) atoms. The van der Waals surface area contributed by atoms with Crippen molar-refractivity contribution in [3.8, 4) is 0 Å². The second kappa shape index (κ2) is 7.02. The summed E-state index contributed by atoms with van der Waals surface area (Å²) in [4.78, 5) is 11.0. The molecule has 5 nitrogen and oxygen atoms in total. The van der Waals surface area contributed by atoms with E-state index in [0.29, 0.717) is 10.7 Å². The number of hydrogen-bond acceptors (Lipinski definition) is 3. The maximum Gasteiger partial charge on any atom is 0.305 e. The highest BCUT2D eigenvalue weighted by Crippen LogP contribution is 2.27. The van der Waals surface area contributed by atoms with Gasteiger partial charge in [0.2, 0.25) is 0 Å². The van der Waals surface area contributed by atoms with Crippen LogP contribution in [0.3, 0.4) is 0 Å². The minimum Gasteiger partial charge on any atom is -0.481 e. The van der Waals surface area contributed by atoms with Crippen molar-refractivity contribution in [2.45, 2.75) is 18.2 Å². The number of aliphatic carboxylic acids is 1. The molecular formula is C16H16ClNO4S. The molecule has 0 saturated carbocycles. The van der Waals surface area contributed by atoms with Crippen LogP contribution in [-0.2, 0) is 14.8 Å². The molecule has 0 bridgehead atoms. The molecule has 0 saturated heterocycles. The largest absolute Gasteiger partial charge is 0.481 e. The lowest BCUT2D eigenvalue weighted by Gasteiger charge is -2.25. The van der Waals surface area contributed by atoms with Crippen molar-refractivity contribution < 1.29 is 18.3 Å². The molecule has 0 aliphatic rings. The Morgan fingerprint density at radius 2 is 1.74 bits per heavy atom. The van der Waals surface area contributed by atoms with Gasteiger partial charge in [-0.25, -0.2) is 8.42 Å². The Bertz CT molecular complexity index is 803. The van der Waals surface area contributed by atoms with E-state index in [1.54, 1.807) is 31.2 Å². The summed E-state index contributed by atoms with van der Waals surface area (Å²) >= 11 is 5.80. The number of carboxylic acids is 1. The summed E-state index contributed by atoms with van der Waals surface area (Å²) in [6.07, 6.45) is -0.291. The molecule has 0 aromatic heterocycles. The highest BCUT2D eigenvalue weighted by molar-refractivity contribution is 7.92. The first-order chi connectivity index (χ1) is 10.8. The number of benzene rings is 2. The van der Waals surface area contributed by atoms with Crippen LogP contribution in [0.25, 0.3) is 0 Å². The molecule has 122 valence electrons. The maximum absolute atomic E-state index is 12.9. The molecule has 0 amide bonds. The van der Waals surface area contributed by atoms with Crippen LogP contribution in [0.5, 0.6) is 0 Å². The lowest BCUT2D eigenvalue weighted by Crippen LogP contribution is -2.33. The summed E-state index contributed by atoms with van der Waals surface area (Å²) in [5.41, 5.74) is 1.21. The van der Waals surface area contributed by atoms with E-state index >= 15 is 0 Å². The van der Waals surface area contributed by atoms with Gasteiger partial charge in [-0.1, -0.05) is 29.8 Å². The highest BCUT2D eigenvalue weighted by Gasteiger charge is 2.26. The number of rotatable bonds is 6. The minimum absolute atomic E-state index is 0.0653. The van der Waals surface area contributed by atoms with Crippen molar-refractivity contribution in [2.24, 2.45) is 0 Å². The fourth-order valence-corrected chi connectivity index (χ4v) is 3.80. The van der Waals surface area contributed by atoms with Crippen molar-refractivity contribution in [3.05, 3.63) is 59.1 Å². The number of halogens is 1. The lowest BCUT2D eigenvalue weighted by molar-refractivity contribution is -0.136. The summed E-state index contributed by atoms with van der Waals surface area (Å²) in [6, 6.07) is 12.7. The Kier molecular flexibility index (Phi) is 5.28. The van der Waals surface area contributed by atoms with Crippen LogP contribution in [0.1, 0.15) is 12.0 Å². The summed E-state index contributed by atoms with van der Waals surface area (Å²) in [5, 5.41) is 9.34. The van der Waals surface area contributed by atoms with E-state index < -0.39 is 16.0 Å². The number of para-hydroxylation sites is 1. The fraction of sp³-hybridized carbons (Fsp3) is 0.188. The van der Waals surface area contributed by atoms with Gasteiger partial charge >= 0.3 is 5.97 Å². The van der Waals surface area contributed by atoms with Crippen molar-refractivity contribution in [1.29, 1.82) is 0 Å². The SMILES string of the molecule is Cc1ccccc1N(CCC(=O)O)S(=O)(=O)c1ccc(Cl)cc1. The van der Waals surface area contributed by atoms with E-state index in [4.69, 9.17) is 16.7 Å². The number of carbonyl (C=O) groups is 1. The monoisotopic (exact) mass is 353 g/mol. The second-order valence-electron chi connectivity index (χ2n) is 4.96. The normalized spacial score (nSPS) is 11.2. The maximum atomic E-state index is 12.9. The Morgan fingerprint density at radius 1 is 1.13 bits per heavy atom. The van der Waals surface area contributed by atoms with Crippen molar-refractivity contribution in [2.75, 3.05) is 10.8 Å². The fourth-order valence-electron chi connectivity index (χ4n) is 2.14. The predicted octanol–water partition coefficient (Wildman–Crippen LogP) is 3.32. The Labute approximate surface area is 140 Å². The quantitative estimate of drug-likeness (QED) is 0.864. The lowest BCUT2D eigenvalue weighted by atomic mass is 10.2. The van der Waals surface area contributed by atoms with Crippen LogP contribution in [0, 0.1) is 6.92 Å². The average molecular weight is 354 g/mol. The molecule has 2 rings (SSSR count). The van der Waals surface area contributed by atoms with Crippen molar-refractivity contribution in [1.82, 2.24) is 0 Å². The number of hydrogen-bond donors (Lipinski definition) is 1. The van der Waals surface area contributed by atoms with E-state index in [1.165, 1.54) is 24.3 Å². The van der Waals surface area contributed by atoms with Gasteiger partial charge in [0, 0.05) is 11.6 Å². The Balaban J connectivity index is 2.50. The number of nitrogens with zero attached hydrogens (tertiary/aromatic N) is 1. The number of sulfonamides is 1. The van der Waals surface area contributed by atoms with Crippen molar-refractivity contribution >= 4 is 33.3 Å². The van der Waals surface area contributed by atoms with Crippen LogP contribution >= 0.6 is 11.6 Å². The van der Waals surface area contributed by atoms with Crippen LogP contribution in [0.2, 0.25) is 5.02 Å². The Hall–Kier alpha value is -2.05. The first-order valence-electron chi connectivity index (χ1n) is 6.88. The molecule has 0 atom stereocenters. The van der Waals surface area contributed by atoms with Gasteiger partial charge in [0.1, 0.15) is 0 Å². The smallest absolute Gasteiger partial charge is 0.305 e. The van der Waals surface area contributed by atoms with Crippen LogP contribution in [0.4, 0.5) is 5.69 Å². The van der Waals surface area contributed by atoms with E-state index in [-0.39, 0.29) is 17.9 Å². The second-order valence-corrected chi connectivity index (χ2v) is 7.26. The molecule has 0 radical (unpaired) electrons. The molecule has 0 aliphatic carbocycles. The molecule has 2 aromatic rings. The summed E-state index contributed by atoms with van der Waals surface area (Å²) in [7, 11) is -3.88. The molecule has 7 heteroatoms. The van der Waals surface area contributed by atoms with Gasteiger partial charge in [-0.3, -0.25) is 9.10 Å².